The van der Waals surface area contributed by atoms with E-state index >= 15 is 0 Å². The van der Waals surface area contributed by atoms with Gasteiger partial charge in [-0.25, -0.2) is 0 Å². The molecule has 3 nitrogen and oxygen atoms in total. The monoisotopic (exact) mass is 216 g/mol. The number of aliphatic hydroxyl groups is 1. The molecule has 1 aliphatic rings. The fourth-order valence-corrected chi connectivity index (χ4v) is 1.91. The maximum atomic E-state index is 10.1. The van der Waals surface area contributed by atoms with Gasteiger partial charge in [-0.3, -0.25) is 0 Å². The largest absolute Gasteiger partial charge is 0.386 e. The number of anilines is 1. The average molecular weight is 216 g/mol. The van der Waals surface area contributed by atoms with Crippen LogP contribution in [0.25, 0.3) is 0 Å². The lowest BCUT2D eigenvalue weighted by molar-refractivity contribution is -0.0300. The van der Waals surface area contributed by atoms with E-state index in [1.165, 1.54) is 0 Å². The topological polar surface area (TPSA) is 47.3 Å². The lowest BCUT2D eigenvalue weighted by Crippen LogP contribution is -2.64. The molecule has 0 aliphatic carbocycles. The van der Waals surface area contributed by atoms with E-state index in [0.717, 1.165) is 5.69 Å². The molecule has 1 aromatic rings. The van der Waals surface area contributed by atoms with E-state index in [0.29, 0.717) is 18.7 Å². The van der Waals surface area contributed by atoms with Gasteiger partial charge in [0.2, 0.25) is 0 Å². The molecule has 3 heteroatoms. The van der Waals surface area contributed by atoms with E-state index in [9.17, 15) is 5.11 Å². The summed E-state index contributed by atoms with van der Waals surface area (Å²) in [7, 11) is 0. The highest BCUT2D eigenvalue weighted by molar-refractivity contribution is 5.52. The predicted molar refractivity (Wildman–Crippen MR) is 63.2 cm³/mol. The Morgan fingerprint density at radius 3 is 2.31 bits per heavy atom. The van der Waals surface area contributed by atoms with Crippen molar-refractivity contribution in [2.24, 2.45) is 5.92 Å². The van der Waals surface area contributed by atoms with Crippen molar-refractivity contribution in [2.45, 2.75) is 19.4 Å². The van der Waals surface area contributed by atoms with Gasteiger partial charge in [0.05, 0.1) is 11.6 Å². The Balaban J connectivity index is 2.04. The first-order chi connectivity index (χ1) is 7.55. The third-order valence-electron chi connectivity index (χ3n) is 3.37. The van der Waals surface area contributed by atoms with E-state index in [1.807, 2.05) is 38.1 Å². The number of nitriles is 1. The maximum Gasteiger partial charge on any atom is 0.102 e. The van der Waals surface area contributed by atoms with Crippen molar-refractivity contribution in [1.29, 1.82) is 5.26 Å². The van der Waals surface area contributed by atoms with Crippen LogP contribution >= 0.6 is 0 Å². The number of hydrogen-bond donors (Lipinski definition) is 1. The maximum absolute atomic E-state index is 10.1. The van der Waals surface area contributed by atoms with Gasteiger partial charge in [0.15, 0.2) is 0 Å². The van der Waals surface area contributed by atoms with Gasteiger partial charge in [0, 0.05) is 18.8 Å². The fourth-order valence-electron chi connectivity index (χ4n) is 1.91. The zero-order valence-corrected chi connectivity index (χ0v) is 9.64. The minimum Gasteiger partial charge on any atom is -0.386 e. The summed E-state index contributed by atoms with van der Waals surface area (Å²) in [6.07, 6.45) is 0. The summed E-state index contributed by atoms with van der Waals surface area (Å²) in [5.74, 6) is 0.280. The molecule has 1 aliphatic heterocycles. The van der Waals surface area contributed by atoms with Crippen molar-refractivity contribution in [3.05, 3.63) is 29.8 Å². The van der Waals surface area contributed by atoms with Crippen molar-refractivity contribution in [3.63, 3.8) is 0 Å². The molecule has 1 saturated heterocycles. The molecule has 16 heavy (non-hydrogen) atoms. The van der Waals surface area contributed by atoms with Crippen molar-refractivity contribution < 1.29 is 5.11 Å². The summed E-state index contributed by atoms with van der Waals surface area (Å²) in [5, 5.41) is 18.8. The normalized spacial score (nSPS) is 18.1. The summed E-state index contributed by atoms with van der Waals surface area (Å²) in [5.41, 5.74) is 1.20. The molecule has 2 rings (SSSR count). The van der Waals surface area contributed by atoms with E-state index < -0.39 is 5.60 Å². The van der Waals surface area contributed by atoms with Crippen LogP contribution in [-0.2, 0) is 0 Å². The molecule has 84 valence electrons. The van der Waals surface area contributed by atoms with Crippen LogP contribution in [0.15, 0.2) is 24.3 Å². The highest BCUT2D eigenvalue weighted by Gasteiger charge is 2.43. The molecule has 0 atom stereocenters. The minimum absolute atomic E-state index is 0.280. The number of nitrogens with zero attached hydrogens (tertiary/aromatic N) is 2. The summed E-state index contributed by atoms with van der Waals surface area (Å²) >= 11 is 0. The van der Waals surface area contributed by atoms with Crippen LogP contribution in [0.1, 0.15) is 19.4 Å². The Morgan fingerprint density at radius 1 is 1.31 bits per heavy atom. The molecule has 1 fully saturated rings. The quantitative estimate of drug-likeness (QED) is 0.819. The molecule has 0 bridgehead atoms. The first-order valence-corrected chi connectivity index (χ1v) is 5.53. The van der Waals surface area contributed by atoms with Gasteiger partial charge in [-0.1, -0.05) is 13.8 Å². The molecule has 1 N–H and O–H groups in total. The zero-order chi connectivity index (χ0) is 11.8. The lowest BCUT2D eigenvalue weighted by Gasteiger charge is -2.50. The van der Waals surface area contributed by atoms with E-state index in [4.69, 9.17) is 5.26 Å². The van der Waals surface area contributed by atoms with Crippen LogP contribution in [0.2, 0.25) is 0 Å². The van der Waals surface area contributed by atoms with Gasteiger partial charge < -0.3 is 10.0 Å². The summed E-state index contributed by atoms with van der Waals surface area (Å²) in [6, 6.07) is 9.57. The van der Waals surface area contributed by atoms with Crippen LogP contribution < -0.4 is 4.90 Å². The van der Waals surface area contributed by atoms with E-state index in [-0.39, 0.29) is 5.92 Å². The molecular weight excluding hydrogens is 200 g/mol. The molecule has 0 amide bonds. The Morgan fingerprint density at radius 2 is 1.88 bits per heavy atom. The predicted octanol–water partition coefficient (Wildman–Crippen LogP) is 1.77. The van der Waals surface area contributed by atoms with Gasteiger partial charge in [-0.2, -0.15) is 5.26 Å². The highest BCUT2D eigenvalue weighted by Crippen LogP contribution is 2.32. The summed E-state index contributed by atoms with van der Waals surface area (Å²) < 4.78 is 0. The Kier molecular flexibility index (Phi) is 2.61. The number of rotatable bonds is 2. The van der Waals surface area contributed by atoms with E-state index in [2.05, 4.69) is 11.0 Å². The molecule has 1 aromatic carbocycles. The molecule has 0 aromatic heterocycles. The second-order valence-electron chi connectivity index (χ2n) is 4.77. The molecule has 0 radical (unpaired) electrons. The zero-order valence-electron chi connectivity index (χ0n) is 9.64. The van der Waals surface area contributed by atoms with Crippen molar-refractivity contribution in [2.75, 3.05) is 18.0 Å². The Bertz CT molecular complexity index is 411. The van der Waals surface area contributed by atoms with Crippen LogP contribution in [0, 0.1) is 17.2 Å². The van der Waals surface area contributed by atoms with Crippen LogP contribution in [-0.4, -0.2) is 23.8 Å². The molecule has 0 saturated carbocycles. The molecule has 1 heterocycles. The third kappa shape index (κ3) is 1.77. The fraction of sp³-hybridized carbons (Fsp3) is 0.462. The standard InChI is InChI=1S/C13H16N2O/c1-10(2)13(16)8-15(9-13)12-5-3-11(7-14)4-6-12/h3-6,10,16H,8-9H2,1-2H3. The summed E-state index contributed by atoms with van der Waals surface area (Å²) in [4.78, 5) is 2.13. The number of β-amino-alcohol motifs (C(OH)–C–C–N with tert-alkyl or cyclic N) is 1. The first-order valence-electron chi connectivity index (χ1n) is 5.53. The number of benzene rings is 1. The third-order valence-corrected chi connectivity index (χ3v) is 3.37. The molecular formula is C13H16N2O. The van der Waals surface area contributed by atoms with Crippen molar-refractivity contribution in [3.8, 4) is 6.07 Å². The lowest BCUT2D eigenvalue weighted by atomic mass is 9.82. The van der Waals surface area contributed by atoms with Gasteiger partial charge in [0.1, 0.15) is 5.60 Å². The Labute approximate surface area is 95.9 Å². The SMILES string of the molecule is CC(C)C1(O)CN(c2ccc(C#N)cc2)C1. The average Bonchev–Trinajstić information content (AvgIpc) is 2.25. The van der Waals surface area contributed by atoms with Gasteiger partial charge in [-0.15, -0.1) is 0 Å². The van der Waals surface area contributed by atoms with E-state index in [1.54, 1.807) is 0 Å². The van der Waals surface area contributed by atoms with Gasteiger partial charge in [0.25, 0.3) is 0 Å². The first kappa shape index (κ1) is 11.0. The Hall–Kier alpha value is -1.53. The van der Waals surface area contributed by atoms with Gasteiger partial charge in [-0.05, 0) is 30.2 Å². The van der Waals surface area contributed by atoms with Crippen LogP contribution in [0.3, 0.4) is 0 Å². The van der Waals surface area contributed by atoms with Crippen LogP contribution in [0.5, 0.6) is 0 Å². The van der Waals surface area contributed by atoms with Gasteiger partial charge >= 0.3 is 0 Å². The highest BCUT2D eigenvalue weighted by atomic mass is 16.3. The summed E-state index contributed by atoms with van der Waals surface area (Å²) in [6.45, 7) is 5.43. The smallest absolute Gasteiger partial charge is 0.102 e. The molecule has 0 unspecified atom stereocenters. The number of hydrogen-bond acceptors (Lipinski definition) is 3. The molecule has 0 spiro atoms. The van der Waals surface area contributed by atoms with Crippen LogP contribution in [0.4, 0.5) is 5.69 Å². The second kappa shape index (κ2) is 3.80. The second-order valence-corrected chi connectivity index (χ2v) is 4.77. The van der Waals surface area contributed by atoms with Crippen molar-refractivity contribution in [1.82, 2.24) is 0 Å². The van der Waals surface area contributed by atoms with Crippen molar-refractivity contribution >= 4 is 5.69 Å². The minimum atomic E-state index is -0.548.